The number of nitriles is 3. The molecule has 0 aliphatic carbocycles. The molecule has 0 amide bonds. The van der Waals surface area contributed by atoms with Crippen molar-refractivity contribution < 1.29 is 0 Å². The highest BCUT2D eigenvalue weighted by molar-refractivity contribution is 6.22. The Morgan fingerprint density at radius 1 is 0.396 bits per heavy atom. The number of fused-ring (bicyclic) bond motifs is 5. The van der Waals surface area contributed by atoms with Crippen LogP contribution in [0.4, 0.5) is 0 Å². The third-order valence-electron chi connectivity index (χ3n) is 8.48. The molecule has 0 spiro atoms. The SMILES string of the molecule is N#Cc1cc(C#N)cc(-c2cccc(-c3nc4ccccc4c4c(C#N)cc5nc(-c6ccccc6)c(-c6ccccc6)nc5c34)c2)c1. The molecule has 48 heavy (non-hydrogen) atoms. The van der Waals surface area contributed by atoms with Gasteiger partial charge in [0.1, 0.15) is 0 Å². The Labute approximate surface area is 276 Å². The summed E-state index contributed by atoms with van der Waals surface area (Å²) in [5.41, 5.74) is 9.60. The normalized spacial score (nSPS) is 10.9. The average Bonchev–Trinajstić information content (AvgIpc) is 3.17. The summed E-state index contributed by atoms with van der Waals surface area (Å²) >= 11 is 0. The van der Waals surface area contributed by atoms with Gasteiger partial charge in [-0.05, 0) is 47.5 Å². The first-order valence-corrected chi connectivity index (χ1v) is 15.3. The lowest BCUT2D eigenvalue weighted by Crippen LogP contribution is -2.00. The maximum atomic E-state index is 10.6. The number of aromatic nitrogens is 3. The van der Waals surface area contributed by atoms with E-state index in [2.05, 4.69) is 18.2 Å². The Bertz CT molecular complexity index is 2660. The Balaban J connectivity index is 1.50. The summed E-state index contributed by atoms with van der Waals surface area (Å²) in [5, 5.41) is 32.1. The molecule has 6 aromatic carbocycles. The van der Waals surface area contributed by atoms with Crippen LogP contribution in [0.5, 0.6) is 0 Å². The molecule has 0 unspecified atom stereocenters. The van der Waals surface area contributed by atoms with Crippen LogP contribution in [0.1, 0.15) is 16.7 Å². The molecule has 8 aromatic rings. The van der Waals surface area contributed by atoms with E-state index in [0.717, 1.165) is 60.9 Å². The van der Waals surface area contributed by atoms with Gasteiger partial charge in [-0.25, -0.2) is 15.0 Å². The van der Waals surface area contributed by atoms with Crippen LogP contribution in [-0.2, 0) is 0 Å². The van der Waals surface area contributed by atoms with Crippen LogP contribution in [-0.4, -0.2) is 15.0 Å². The Kier molecular flexibility index (Phi) is 6.85. The molecule has 220 valence electrons. The number of rotatable bonds is 4. The third kappa shape index (κ3) is 4.77. The summed E-state index contributed by atoms with van der Waals surface area (Å²) in [5.74, 6) is 0. The number of hydrogen-bond acceptors (Lipinski definition) is 6. The summed E-state index contributed by atoms with van der Waals surface area (Å²) in [7, 11) is 0. The summed E-state index contributed by atoms with van der Waals surface area (Å²) in [6, 6.07) is 49.3. The molecule has 0 N–H and O–H groups in total. The van der Waals surface area contributed by atoms with E-state index in [0.29, 0.717) is 33.4 Å². The summed E-state index contributed by atoms with van der Waals surface area (Å²) in [6.07, 6.45) is 0. The first-order valence-electron chi connectivity index (χ1n) is 15.3. The van der Waals surface area contributed by atoms with Crippen molar-refractivity contribution in [3.05, 3.63) is 150 Å². The van der Waals surface area contributed by atoms with Gasteiger partial charge in [-0.15, -0.1) is 0 Å². The van der Waals surface area contributed by atoms with E-state index in [4.69, 9.17) is 15.0 Å². The Morgan fingerprint density at radius 3 is 1.65 bits per heavy atom. The van der Waals surface area contributed by atoms with Crippen LogP contribution in [0.2, 0.25) is 0 Å². The van der Waals surface area contributed by atoms with E-state index >= 15 is 0 Å². The van der Waals surface area contributed by atoms with E-state index in [1.807, 2.05) is 115 Å². The zero-order valence-electron chi connectivity index (χ0n) is 25.4. The molecular formula is C42H22N6. The lowest BCUT2D eigenvalue weighted by molar-refractivity contribution is 1.29. The molecule has 6 heteroatoms. The molecule has 0 aliphatic rings. The standard InChI is InChI=1S/C42H22N6/c43-23-26-18-27(24-44)20-32(19-26)30-14-9-15-31(21-30)39-38-37(34-16-7-8-17-35(34)46-39)33(25-45)22-36-42(38)48-41(29-12-5-2-6-13-29)40(47-36)28-10-3-1-4-11-28/h1-22H. The zero-order valence-corrected chi connectivity index (χ0v) is 25.4. The summed E-state index contributed by atoms with van der Waals surface area (Å²) in [4.78, 5) is 15.8. The predicted octanol–water partition coefficient (Wildman–Crippen LogP) is 9.61. The minimum Gasteiger partial charge on any atom is -0.247 e. The third-order valence-corrected chi connectivity index (χ3v) is 8.48. The smallest absolute Gasteiger partial charge is 0.0999 e. The number of pyridine rings is 1. The highest BCUT2D eigenvalue weighted by Gasteiger charge is 2.22. The Hall–Kier alpha value is -7.20. The van der Waals surface area contributed by atoms with Crippen molar-refractivity contribution in [1.82, 2.24) is 15.0 Å². The Morgan fingerprint density at radius 2 is 0.979 bits per heavy atom. The summed E-state index contributed by atoms with van der Waals surface area (Å²) < 4.78 is 0. The predicted molar refractivity (Wildman–Crippen MR) is 188 cm³/mol. The van der Waals surface area contributed by atoms with Crippen LogP contribution >= 0.6 is 0 Å². The van der Waals surface area contributed by atoms with E-state index in [1.54, 1.807) is 18.2 Å². The maximum absolute atomic E-state index is 10.6. The van der Waals surface area contributed by atoms with Gasteiger partial charge in [-0.1, -0.05) is 97.1 Å². The van der Waals surface area contributed by atoms with Crippen molar-refractivity contribution in [2.75, 3.05) is 0 Å². The molecule has 0 saturated heterocycles. The lowest BCUT2D eigenvalue weighted by atomic mass is 9.93. The summed E-state index contributed by atoms with van der Waals surface area (Å²) in [6.45, 7) is 0. The van der Waals surface area contributed by atoms with E-state index < -0.39 is 0 Å². The molecule has 0 saturated carbocycles. The highest BCUT2D eigenvalue weighted by Crippen LogP contribution is 2.41. The molecule has 0 radical (unpaired) electrons. The van der Waals surface area contributed by atoms with Gasteiger partial charge in [0.05, 0.1) is 68.5 Å². The molecule has 2 heterocycles. The monoisotopic (exact) mass is 610 g/mol. The van der Waals surface area contributed by atoms with Crippen molar-refractivity contribution in [1.29, 1.82) is 15.8 Å². The largest absolute Gasteiger partial charge is 0.247 e. The second-order valence-electron chi connectivity index (χ2n) is 11.4. The van der Waals surface area contributed by atoms with Crippen molar-refractivity contribution in [2.45, 2.75) is 0 Å². The molecule has 2 aromatic heterocycles. The van der Waals surface area contributed by atoms with Gasteiger partial charge in [0.15, 0.2) is 0 Å². The number of nitrogens with zero attached hydrogens (tertiary/aromatic N) is 6. The topological polar surface area (TPSA) is 110 Å². The van der Waals surface area contributed by atoms with E-state index in [-0.39, 0.29) is 0 Å². The second-order valence-corrected chi connectivity index (χ2v) is 11.4. The van der Waals surface area contributed by atoms with Crippen molar-refractivity contribution in [3.8, 4) is 63.1 Å². The van der Waals surface area contributed by atoms with Gasteiger partial charge in [0, 0.05) is 32.8 Å². The lowest BCUT2D eigenvalue weighted by Gasteiger charge is -2.16. The van der Waals surface area contributed by atoms with Crippen LogP contribution in [0, 0.1) is 34.0 Å². The molecule has 0 atom stereocenters. The van der Waals surface area contributed by atoms with Gasteiger partial charge < -0.3 is 0 Å². The minimum absolute atomic E-state index is 0.409. The highest BCUT2D eigenvalue weighted by atomic mass is 14.8. The van der Waals surface area contributed by atoms with Crippen molar-refractivity contribution in [2.24, 2.45) is 0 Å². The molecular weight excluding hydrogens is 589 g/mol. The molecule has 0 bridgehead atoms. The van der Waals surface area contributed by atoms with Crippen LogP contribution < -0.4 is 0 Å². The van der Waals surface area contributed by atoms with Crippen LogP contribution in [0.3, 0.4) is 0 Å². The van der Waals surface area contributed by atoms with Gasteiger partial charge in [-0.3, -0.25) is 0 Å². The first-order chi connectivity index (χ1) is 23.6. The fourth-order valence-electron chi connectivity index (χ4n) is 6.33. The number of para-hydroxylation sites is 1. The molecule has 8 rings (SSSR count). The van der Waals surface area contributed by atoms with Crippen molar-refractivity contribution in [3.63, 3.8) is 0 Å². The average molecular weight is 611 g/mol. The second kappa shape index (κ2) is 11.6. The van der Waals surface area contributed by atoms with Crippen LogP contribution in [0.15, 0.2) is 133 Å². The van der Waals surface area contributed by atoms with Gasteiger partial charge in [0.25, 0.3) is 0 Å². The first kappa shape index (κ1) is 28.3. The zero-order chi connectivity index (χ0) is 32.6. The molecule has 0 aliphatic heterocycles. The van der Waals surface area contributed by atoms with E-state index in [9.17, 15) is 15.8 Å². The van der Waals surface area contributed by atoms with E-state index in [1.165, 1.54) is 0 Å². The fraction of sp³-hybridized carbons (Fsp3) is 0. The van der Waals surface area contributed by atoms with Gasteiger partial charge >= 0.3 is 0 Å². The number of benzene rings is 6. The maximum Gasteiger partial charge on any atom is 0.0999 e. The molecule has 0 fully saturated rings. The van der Waals surface area contributed by atoms with Gasteiger partial charge in [-0.2, -0.15) is 15.8 Å². The van der Waals surface area contributed by atoms with Gasteiger partial charge in [0.2, 0.25) is 0 Å². The number of hydrogen-bond donors (Lipinski definition) is 0. The quantitative estimate of drug-likeness (QED) is 0.184. The minimum atomic E-state index is 0.409. The molecule has 6 nitrogen and oxygen atoms in total. The van der Waals surface area contributed by atoms with Crippen molar-refractivity contribution >= 4 is 32.7 Å². The fourth-order valence-corrected chi connectivity index (χ4v) is 6.33. The van der Waals surface area contributed by atoms with Crippen LogP contribution in [0.25, 0.3) is 77.6 Å².